The summed E-state index contributed by atoms with van der Waals surface area (Å²) >= 11 is 0. The molecule has 0 radical (unpaired) electrons. The van der Waals surface area contributed by atoms with Crippen molar-refractivity contribution in [3.8, 4) is 17.1 Å². The van der Waals surface area contributed by atoms with Crippen LogP contribution in [0.15, 0.2) is 83.5 Å². The van der Waals surface area contributed by atoms with E-state index < -0.39 is 0 Å². The van der Waals surface area contributed by atoms with Crippen LogP contribution in [-0.4, -0.2) is 20.7 Å². The second-order valence-corrected chi connectivity index (χ2v) is 5.69. The molecule has 0 aliphatic rings. The summed E-state index contributed by atoms with van der Waals surface area (Å²) < 4.78 is 7.54. The Labute approximate surface area is 150 Å². The monoisotopic (exact) mass is 344 g/mol. The highest BCUT2D eigenvalue weighted by Gasteiger charge is 2.11. The van der Waals surface area contributed by atoms with Crippen molar-refractivity contribution in [1.29, 1.82) is 0 Å². The fourth-order valence-corrected chi connectivity index (χ4v) is 2.59. The van der Waals surface area contributed by atoms with Crippen molar-refractivity contribution in [3.63, 3.8) is 0 Å². The van der Waals surface area contributed by atoms with E-state index >= 15 is 0 Å². The zero-order valence-corrected chi connectivity index (χ0v) is 13.9. The molecule has 1 amide bonds. The van der Waals surface area contributed by atoms with Crippen molar-refractivity contribution in [1.82, 2.24) is 20.1 Å². The normalized spacial score (nSPS) is 10.6. The fourth-order valence-electron chi connectivity index (χ4n) is 2.59. The molecule has 2 aromatic heterocycles. The quantitative estimate of drug-likeness (QED) is 0.602. The van der Waals surface area contributed by atoms with Gasteiger partial charge in [-0.1, -0.05) is 24.3 Å². The Hall–Kier alpha value is -3.67. The van der Waals surface area contributed by atoms with Crippen molar-refractivity contribution in [2.45, 2.75) is 6.54 Å². The Morgan fingerprint density at radius 2 is 1.77 bits per heavy atom. The van der Waals surface area contributed by atoms with E-state index in [1.165, 1.54) is 0 Å². The number of nitrogens with zero attached hydrogens (tertiary/aromatic N) is 3. The molecule has 0 aliphatic heterocycles. The second kappa shape index (κ2) is 7.06. The van der Waals surface area contributed by atoms with E-state index in [-0.39, 0.29) is 12.5 Å². The van der Waals surface area contributed by atoms with Crippen molar-refractivity contribution >= 4 is 5.91 Å². The van der Waals surface area contributed by atoms with Gasteiger partial charge in [-0.15, -0.1) is 10.2 Å². The molecule has 0 unspecified atom stereocenters. The van der Waals surface area contributed by atoms with Gasteiger partial charge in [0.25, 0.3) is 5.91 Å². The first-order valence-electron chi connectivity index (χ1n) is 8.19. The van der Waals surface area contributed by atoms with Gasteiger partial charge in [-0.25, -0.2) is 0 Å². The van der Waals surface area contributed by atoms with Crippen LogP contribution in [0.25, 0.3) is 17.1 Å². The van der Waals surface area contributed by atoms with Crippen LogP contribution in [0.1, 0.15) is 16.2 Å². The Morgan fingerprint density at radius 3 is 2.58 bits per heavy atom. The summed E-state index contributed by atoms with van der Waals surface area (Å²) in [5, 5.41) is 10.8. The van der Waals surface area contributed by atoms with Gasteiger partial charge in [-0.3, -0.25) is 4.79 Å². The second-order valence-electron chi connectivity index (χ2n) is 5.69. The van der Waals surface area contributed by atoms with Crippen LogP contribution in [0.3, 0.4) is 0 Å². The molecule has 2 aromatic carbocycles. The molecule has 6 heteroatoms. The molecule has 0 spiro atoms. The first-order chi connectivity index (χ1) is 12.8. The molecular weight excluding hydrogens is 328 g/mol. The first-order valence-corrected chi connectivity index (χ1v) is 8.19. The van der Waals surface area contributed by atoms with E-state index in [0.29, 0.717) is 17.3 Å². The van der Waals surface area contributed by atoms with Crippen LogP contribution in [0.4, 0.5) is 0 Å². The fraction of sp³-hybridized carbons (Fsp3) is 0.0500. The van der Waals surface area contributed by atoms with Gasteiger partial charge in [-0.05, 0) is 42.5 Å². The standard InChI is InChI=1S/C20H16N4O2/c25-19(16-9-6-10-17(13-16)24-11-4-5-12-24)21-14-18-22-23-20(26-18)15-7-2-1-3-8-15/h1-13H,14H2,(H,21,25). The lowest BCUT2D eigenvalue weighted by Crippen LogP contribution is -2.23. The number of hydrogen-bond donors (Lipinski definition) is 1. The van der Waals surface area contributed by atoms with Gasteiger partial charge in [0.05, 0.1) is 6.54 Å². The number of rotatable bonds is 5. The maximum absolute atomic E-state index is 12.4. The minimum absolute atomic E-state index is 0.173. The molecule has 2 heterocycles. The van der Waals surface area contributed by atoms with E-state index in [4.69, 9.17) is 4.42 Å². The Morgan fingerprint density at radius 1 is 0.962 bits per heavy atom. The summed E-state index contributed by atoms with van der Waals surface area (Å²) in [6.45, 7) is 0.173. The summed E-state index contributed by atoms with van der Waals surface area (Å²) in [5.41, 5.74) is 2.34. The molecule has 4 rings (SSSR count). The molecule has 1 N–H and O–H groups in total. The SMILES string of the molecule is O=C(NCc1nnc(-c2ccccc2)o1)c1cccc(-n2cccc2)c1. The van der Waals surface area contributed by atoms with Crippen LogP contribution in [0.2, 0.25) is 0 Å². The Kier molecular flexibility index (Phi) is 4.30. The zero-order valence-electron chi connectivity index (χ0n) is 13.9. The molecule has 0 saturated carbocycles. The zero-order chi connectivity index (χ0) is 17.8. The average Bonchev–Trinajstić information content (AvgIpc) is 3.39. The minimum atomic E-state index is -0.196. The maximum atomic E-state index is 12.4. The van der Waals surface area contributed by atoms with E-state index in [0.717, 1.165) is 11.3 Å². The van der Waals surface area contributed by atoms with Crippen molar-refractivity contribution in [2.24, 2.45) is 0 Å². The molecule has 26 heavy (non-hydrogen) atoms. The number of carbonyl (C=O) groups is 1. The number of amides is 1. The lowest BCUT2D eigenvalue weighted by Gasteiger charge is -2.06. The van der Waals surface area contributed by atoms with Gasteiger partial charge in [0.15, 0.2) is 0 Å². The molecule has 4 aromatic rings. The van der Waals surface area contributed by atoms with Gasteiger partial charge in [0, 0.05) is 29.2 Å². The maximum Gasteiger partial charge on any atom is 0.251 e. The van der Waals surface area contributed by atoms with Crippen molar-refractivity contribution < 1.29 is 9.21 Å². The summed E-state index contributed by atoms with van der Waals surface area (Å²) in [5.74, 6) is 0.599. The highest BCUT2D eigenvalue weighted by atomic mass is 16.4. The summed E-state index contributed by atoms with van der Waals surface area (Å²) in [4.78, 5) is 12.4. The lowest BCUT2D eigenvalue weighted by molar-refractivity contribution is 0.0947. The predicted molar refractivity (Wildman–Crippen MR) is 96.7 cm³/mol. The summed E-state index contributed by atoms with van der Waals surface area (Å²) in [7, 11) is 0. The molecular formula is C20H16N4O2. The summed E-state index contributed by atoms with van der Waals surface area (Å²) in [6.07, 6.45) is 3.86. The molecule has 0 atom stereocenters. The topological polar surface area (TPSA) is 73.0 Å². The van der Waals surface area contributed by atoms with Crippen molar-refractivity contribution in [2.75, 3.05) is 0 Å². The summed E-state index contributed by atoms with van der Waals surface area (Å²) in [6, 6.07) is 20.8. The number of nitrogens with one attached hydrogen (secondary N) is 1. The number of hydrogen-bond acceptors (Lipinski definition) is 4. The smallest absolute Gasteiger partial charge is 0.251 e. The van der Waals surface area contributed by atoms with E-state index in [9.17, 15) is 4.79 Å². The molecule has 6 nitrogen and oxygen atoms in total. The van der Waals surface area contributed by atoms with Gasteiger partial charge in [-0.2, -0.15) is 0 Å². The van der Waals surface area contributed by atoms with E-state index in [1.807, 2.05) is 77.6 Å². The van der Waals surface area contributed by atoms with E-state index in [2.05, 4.69) is 15.5 Å². The van der Waals surface area contributed by atoms with Crippen LogP contribution in [0, 0.1) is 0 Å². The molecule has 0 aliphatic carbocycles. The van der Waals surface area contributed by atoms with Crippen LogP contribution < -0.4 is 5.32 Å². The highest BCUT2D eigenvalue weighted by Crippen LogP contribution is 2.17. The van der Waals surface area contributed by atoms with Gasteiger partial charge in [0.2, 0.25) is 11.8 Å². The number of benzene rings is 2. The first kappa shape index (κ1) is 15.8. The molecule has 0 saturated heterocycles. The minimum Gasteiger partial charge on any atom is -0.419 e. The Balaban J connectivity index is 1.43. The largest absolute Gasteiger partial charge is 0.419 e. The molecule has 0 bridgehead atoms. The third-order valence-electron chi connectivity index (χ3n) is 3.90. The Bertz CT molecular complexity index is 1010. The van der Waals surface area contributed by atoms with Gasteiger partial charge >= 0.3 is 0 Å². The molecule has 0 fully saturated rings. The predicted octanol–water partition coefficient (Wildman–Crippen LogP) is 3.46. The number of aromatic nitrogens is 3. The van der Waals surface area contributed by atoms with E-state index in [1.54, 1.807) is 6.07 Å². The third kappa shape index (κ3) is 3.39. The van der Waals surface area contributed by atoms with Crippen LogP contribution >= 0.6 is 0 Å². The average molecular weight is 344 g/mol. The van der Waals surface area contributed by atoms with Gasteiger partial charge < -0.3 is 14.3 Å². The lowest BCUT2D eigenvalue weighted by atomic mass is 10.2. The van der Waals surface area contributed by atoms with Crippen LogP contribution in [0.5, 0.6) is 0 Å². The highest BCUT2D eigenvalue weighted by molar-refractivity contribution is 5.94. The van der Waals surface area contributed by atoms with Gasteiger partial charge in [0.1, 0.15) is 0 Å². The third-order valence-corrected chi connectivity index (χ3v) is 3.90. The number of carbonyl (C=O) groups excluding carboxylic acids is 1. The van der Waals surface area contributed by atoms with Crippen molar-refractivity contribution in [3.05, 3.63) is 90.6 Å². The molecule has 128 valence electrons. The van der Waals surface area contributed by atoms with Crippen LogP contribution in [-0.2, 0) is 6.54 Å².